The van der Waals surface area contributed by atoms with Crippen molar-refractivity contribution in [1.29, 1.82) is 0 Å². The lowest BCUT2D eigenvalue weighted by Gasteiger charge is -2.37. The quantitative estimate of drug-likeness (QED) is 0.711. The highest BCUT2D eigenvalue weighted by atomic mass is 79.9. The van der Waals surface area contributed by atoms with Crippen molar-refractivity contribution in [3.8, 4) is 0 Å². The number of aromatic nitrogens is 1. The van der Waals surface area contributed by atoms with Gasteiger partial charge < -0.3 is 15.0 Å². The largest absolute Gasteiger partial charge is 0.372 e. The van der Waals surface area contributed by atoms with E-state index in [9.17, 15) is 9.18 Å². The summed E-state index contributed by atoms with van der Waals surface area (Å²) in [5.41, 5.74) is 1.05. The summed E-state index contributed by atoms with van der Waals surface area (Å²) in [7, 11) is 0. The number of amides is 1. The zero-order valence-electron chi connectivity index (χ0n) is 14.3. The molecule has 1 aromatic heterocycles. The van der Waals surface area contributed by atoms with Gasteiger partial charge in [0, 0.05) is 29.4 Å². The molecule has 138 valence electrons. The molecule has 26 heavy (non-hydrogen) atoms. The van der Waals surface area contributed by atoms with Gasteiger partial charge in [-0.3, -0.25) is 4.79 Å². The number of rotatable bonds is 3. The van der Waals surface area contributed by atoms with Crippen LogP contribution in [0.3, 0.4) is 0 Å². The molecule has 1 N–H and O–H groups in total. The zero-order valence-corrected chi connectivity index (χ0v) is 16.6. The van der Waals surface area contributed by atoms with Crippen LogP contribution in [-0.2, 0) is 4.74 Å². The maximum absolute atomic E-state index is 14.6. The number of anilines is 2. The maximum atomic E-state index is 14.6. The molecule has 0 spiro atoms. The van der Waals surface area contributed by atoms with E-state index in [-0.39, 0.29) is 22.9 Å². The van der Waals surface area contributed by atoms with Crippen molar-refractivity contribution < 1.29 is 13.9 Å². The number of nitrogens with one attached hydrogen (secondary N) is 1. The van der Waals surface area contributed by atoms with Gasteiger partial charge in [0.25, 0.3) is 5.91 Å². The lowest BCUT2D eigenvalue weighted by molar-refractivity contribution is -0.00539. The van der Waals surface area contributed by atoms with E-state index >= 15 is 0 Å². The van der Waals surface area contributed by atoms with Crippen LogP contribution in [0.25, 0.3) is 0 Å². The molecule has 3 rings (SSSR count). The first-order chi connectivity index (χ1) is 12.3. The predicted molar refractivity (Wildman–Crippen MR) is 104 cm³/mol. The van der Waals surface area contributed by atoms with Gasteiger partial charge in [0.1, 0.15) is 11.0 Å². The van der Waals surface area contributed by atoms with Crippen LogP contribution in [0.1, 0.15) is 24.2 Å². The second kappa shape index (κ2) is 7.90. The molecule has 2 unspecified atom stereocenters. The summed E-state index contributed by atoms with van der Waals surface area (Å²) >= 11 is 9.21. The third kappa shape index (κ3) is 4.34. The second-order valence-corrected chi connectivity index (χ2v) is 7.55. The zero-order chi connectivity index (χ0) is 18.8. The van der Waals surface area contributed by atoms with Crippen LogP contribution in [0.2, 0.25) is 5.15 Å². The molecular formula is C18H18BrClFN3O2. The van der Waals surface area contributed by atoms with Gasteiger partial charge in [-0.15, -0.1) is 0 Å². The molecule has 2 heterocycles. The van der Waals surface area contributed by atoms with Crippen molar-refractivity contribution >= 4 is 44.8 Å². The topological polar surface area (TPSA) is 54.5 Å². The maximum Gasteiger partial charge on any atom is 0.258 e. The summed E-state index contributed by atoms with van der Waals surface area (Å²) in [4.78, 5) is 18.2. The number of benzene rings is 1. The lowest BCUT2D eigenvalue weighted by atomic mass is 10.1. The number of ether oxygens (including phenoxy) is 1. The Balaban J connectivity index is 1.77. The Bertz CT molecular complexity index is 826. The van der Waals surface area contributed by atoms with Crippen molar-refractivity contribution in [1.82, 2.24) is 4.98 Å². The summed E-state index contributed by atoms with van der Waals surface area (Å²) in [5.74, 6) is -0.855. The summed E-state index contributed by atoms with van der Waals surface area (Å²) in [6.07, 6.45) is 1.56. The Morgan fingerprint density at radius 2 is 2.04 bits per heavy atom. The van der Waals surface area contributed by atoms with Gasteiger partial charge in [-0.1, -0.05) is 11.6 Å². The first-order valence-corrected chi connectivity index (χ1v) is 9.33. The highest BCUT2D eigenvalue weighted by Crippen LogP contribution is 2.27. The predicted octanol–water partition coefficient (Wildman–Crippen LogP) is 4.50. The standard InChI is InChI=1S/C18H18BrClFN3O2/c1-10-8-24(9-11(2)26-10)16-4-3-13(6-15(16)21)23-18(25)14-5-12(19)7-22-17(14)20/h3-7,10-11H,8-9H2,1-2H3,(H,23,25). The molecule has 1 saturated heterocycles. The molecule has 5 nitrogen and oxygen atoms in total. The van der Waals surface area contributed by atoms with E-state index in [4.69, 9.17) is 16.3 Å². The van der Waals surface area contributed by atoms with E-state index in [0.717, 1.165) is 0 Å². The van der Waals surface area contributed by atoms with Crippen LogP contribution in [0.4, 0.5) is 15.8 Å². The summed E-state index contributed by atoms with van der Waals surface area (Å²) in [5, 5.41) is 2.73. The minimum atomic E-state index is -0.454. The van der Waals surface area contributed by atoms with Crippen LogP contribution in [0, 0.1) is 5.82 Å². The van der Waals surface area contributed by atoms with Gasteiger partial charge in [-0.25, -0.2) is 9.37 Å². The van der Waals surface area contributed by atoms with Gasteiger partial charge in [0.15, 0.2) is 0 Å². The molecule has 1 aromatic carbocycles. The SMILES string of the molecule is CC1CN(c2ccc(NC(=O)c3cc(Br)cnc3Cl)cc2F)CC(C)O1. The minimum absolute atomic E-state index is 0.0312. The third-order valence-electron chi connectivity index (χ3n) is 4.02. The Morgan fingerprint density at radius 1 is 1.35 bits per heavy atom. The van der Waals surface area contributed by atoms with Gasteiger partial charge in [0.2, 0.25) is 0 Å². The van der Waals surface area contributed by atoms with Gasteiger partial charge in [-0.2, -0.15) is 0 Å². The summed E-state index contributed by atoms with van der Waals surface area (Å²) in [6.45, 7) is 5.16. The number of carbonyl (C=O) groups is 1. The number of morpholine rings is 1. The number of hydrogen-bond donors (Lipinski definition) is 1. The van der Waals surface area contributed by atoms with Gasteiger partial charge in [-0.05, 0) is 54.0 Å². The number of hydrogen-bond acceptors (Lipinski definition) is 4. The number of pyridine rings is 1. The molecule has 0 radical (unpaired) electrons. The molecule has 0 bridgehead atoms. The van der Waals surface area contributed by atoms with E-state index < -0.39 is 11.7 Å². The fourth-order valence-electron chi connectivity index (χ4n) is 3.00. The molecule has 0 saturated carbocycles. The smallest absolute Gasteiger partial charge is 0.258 e. The van der Waals surface area contributed by atoms with Crippen molar-refractivity contribution in [3.63, 3.8) is 0 Å². The Labute approximate surface area is 164 Å². The molecule has 8 heteroatoms. The van der Waals surface area contributed by atoms with E-state index in [0.29, 0.717) is 28.9 Å². The Kier molecular flexibility index (Phi) is 5.79. The number of halogens is 3. The third-order valence-corrected chi connectivity index (χ3v) is 4.75. The Morgan fingerprint density at radius 3 is 2.69 bits per heavy atom. The van der Waals surface area contributed by atoms with Gasteiger partial charge >= 0.3 is 0 Å². The number of nitrogens with zero attached hydrogens (tertiary/aromatic N) is 2. The minimum Gasteiger partial charge on any atom is -0.372 e. The van der Waals surface area contributed by atoms with Crippen molar-refractivity contribution in [2.24, 2.45) is 0 Å². The van der Waals surface area contributed by atoms with E-state index in [1.807, 2.05) is 18.7 Å². The van der Waals surface area contributed by atoms with Crippen LogP contribution in [0.5, 0.6) is 0 Å². The fourth-order valence-corrected chi connectivity index (χ4v) is 3.52. The van der Waals surface area contributed by atoms with E-state index in [1.54, 1.807) is 18.2 Å². The molecule has 2 aromatic rings. The monoisotopic (exact) mass is 441 g/mol. The molecule has 0 aliphatic carbocycles. The van der Waals surface area contributed by atoms with E-state index in [1.165, 1.54) is 12.3 Å². The Hall–Kier alpha value is -1.70. The van der Waals surface area contributed by atoms with Crippen molar-refractivity contribution in [2.75, 3.05) is 23.3 Å². The first kappa shape index (κ1) is 19.1. The molecule has 1 amide bonds. The molecule has 2 atom stereocenters. The van der Waals surface area contributed by atoms with Crippen LogP contribution in [-0.4, -0.2) is 36.2 Å². The first-order valence-electron chi connectivity index (χ1n) is 8.16. The van der Waals surface area contributed by atoms with Crippen LogP contribution in [0.15, 0.2) is 34.9 Å². The second-order valence-electron chi connectivity index (χ2n) is 6.27. The summed E-state index contributed by atoms with van der Waals surface area (Å²) in [6, 6.07) is 6.19. The summed E-state index contributed by atoms with van der Waals surface area (Å²) < 4.78 is 20.9. The lowest BCUT2D eigenvalue weighted by Crippen LogP contribution is -2.45. The highest BCUT2D eigenvalue weighted by molar-refractivity contribution is 9.10. The van der Waals surface area contributed by atoms with Crippen LogP contribution < -0.4 is 10.2 Å². The number of carbonyl (C=O) groups excluding carboxylic acids is 1. The van der Waals surface area contributed by atoms with Crippen molar-refractivity contribution in [2.45, 2.75) is 26.1 Å². The average molecular weight is 443 g/mol. The molecular weight excluding hydrogens is 425 g/mol. The molecule has 1 aliphatic heterocycles. The van der Waals surface area contributed by atoms with E-state index in [2.05, 4.69) is 26.2 Å². The molecule has 1 fully saturated rings. The highest BCUT2D eigenvalue weighted by Gasteiger charge is 2.24. The van der Waals surface area contributed by atoms with Crippen LogP contribution >= 0.6 is 27.5 Å². The fraction of sp³-hybridized carbons (Fsp3) is 0.333. The van der Waals surface area contributed by atoms with Crippen molar-refractivity contribution in [3.05, 3.63) is 51.5 Å². The van der Waals surface area contributed by atoms with Gasteiger partial charge in [0.05, 0.1) is 23.5 Å². The molecule has 1 aliphatic rings. The average Bonchev–Trinajstić information content (AvgIpc) is 2.56. The normalized spacial score (nSPS) is 20.1.